The zero-order chi connectivity index (χ0) is 36.1. The van der Waals surface area contributed by atoms with Crippen LogP contribution in [-0.4, -0.2) is 110 Å². The number of rotatable bonds is 15. The molecule has 0 aromatic carbocycles. The van der Waals surface area contributed by atoms with Crippen LogP contribution in [0.2, 0.25) is 0 Å². The van der Waals surface area contributed by atoms with Crippen LogP contribution in [0.1, 0.15) is 92.4 Å². The molecule has 0 spiro atoms. The van der Waals surface area contributed by atoms with E-state index in [4.69, 9.17) is 5.73 Å². The van der Waals surface area contributed by atoms with Gasteiger partial charge >= 0.3 is 6.03 Å². The predicted molar refractivity (Wildman–Crippen MR) is 182 cm³/mol. The second kappa shape index (κ2) is 16.3. The van der Waals surface area contributed by atoms with Crippen LogP contribution < -0.4 is 21.7 Å². The molecule has 5 amide bonds. The van der Waals surface area contributed by atoms with Crippen molar-refractivity contribution >= 4 is 39.7 Å². The molecule has 2 aliphatic carbocycles. The number of hydrogen-bond acceptors (Lipinski definition) is 7. The van der Waals surface area contributed by atoms with Crippen molar-refractivity contribution in [3.63, 3.8) is 0 Å². The molecule has 2 unspecified atom stereocenters. The summed E-state index contributed by atoms with van der Waals surface area (Å²) in [6.07, 6.45) is 7.45. The van der Waals surface area contributed by atoms with Gasteiger partial charge in [-0.3, -0.25) is 19.2 Å². The molecule has 3 fully saturated rings. The lowest BCUT2D eigenvalue weighted by Crippen LogP contribution is -2.62. The molecule has 5 atom stereocenters. The van der Waals surface area contributed by atoms with Crippen LogP contribution in [0.15, 0.2) is 0 Å². The molecule has 0 bridgehead atoms. The topological polar surface area (TPSA) is 191 Å². The Balaban J connectivity index is 1.84. The molecule has 3 aliphatic rings. The van der Waals surface area contributed by atoms with E-state index < -0.39 is 69.3 Å². The third kappa shape index (κ3) is 10.1. The monoisotopic (exact) mass is 697 g/mol. The number of urea groups is 1. The van der Waals surface area contributed by atoms with Gasteiger partial charge in [-0.25, -0.2) is 4.79 Å². The molecule has 3 rings (SSSR count). The summed E-state index contributed by atoms with van der Waals surface area (Å²) in [7, 11) is 0.688. The molecular formula is C33H59N7O7S. The number of hydrogen-bond donors (Lipinski definition) is 4. The van der Waals surface area contributed by atoms with E-state index in [1.54, 1.807) is 0 Å². The van der Waals surface area contributed by atoms with Gasteiger partial charge in [0.1, 0.15) is 12.1 Å². The lowest BCUT2D eigenvalue weighted by Gasteiger charge is -2.38. The zero-order valence-corrected chi connectivity index (χ0v) is 30.9. The van der Waals surface area contributed by atoms with Gasteiger partial charge in [-0.05, 0) is 54.8 Å². The van der Waals surface area contributed by atoms with Crippen LogP contribution in [0.4, 0.5) is 4.79 Å². The smallest absolute Gasteiger partial charge is 0.315 e. The van der Waals surface area contributed by atoms with Crippen LogP contribution >= 0.6 is 0 Å². The van der Waals surface area contributed by atoms with Crippen molar-refractivity contribution in [2.24, 2.45) is 34.8 Å². The maximum atomic E-state index is 14.4. The van der Waals surface area contributed by atoms with Crippen molar-refractivity contribution in [1.29, 1.82) is 0 Å². The number of likely N-dealkylation sites (N-methyl/N-ethyl adjacent to an activating group) is 1. The normalized spacial score (nSPS) is 22.8. The lowest BCUT2D eigenvalue weighted by atomic mass is 9.83. The molecule has 274 valence electrons. The molecule has 1 aliphatic heterocycles. The molecular weight excluding hydrogens is 638 g/mol. The zero-order valence-electron chi connectivity index (χ0n) is 30.1. The van der Waals surface area contributed by atoms with E-state index in [1.807, 2.05) is 34.6 Å². The molecule has 5 N–H and O–H groups in total. The Morgan fingerprint density at radius 3 is 2.00 bits per heavy atom. The number of carbonyl (C=O) groups excluding carboxylic acids is 5. The highest BCUT2D eigenvalue weighted by Gasteiger charge is 2.48. The number of nitrogens with zero attached hydrogens (tertiary/aromatic N) is 3. The summed E-state index contributed by atoms with van der Waals surface area (Å²) in [5.41, 5.74) is 4.55. The Labute approximate surface area is 286 Å². The summed E-state index contributed by atoms with van der Waals surface area (Å²) in [4.78, 5) is 67.9. The van der Waals surface area contributed by atoms with Crippen molar-refractivity contribution < 1.29 is 32.4 Å². The average molecular weight is 698 g/mol. The highest BCUT2D eigenvalue weighted by atomic mass is 32.2. The largest absolute Gasteiger partial charge is 0.363 e. The summed E-state index contributed by atoms with van der Waals surface area (Å²) in [6, 6.07) is -4.06. The third-order valence-corrected chi connectivity index (χ3v) is 12.1. The Hall–Kier alpha value is -2.78. The van der Waals surface area contributed by atoms with E-state index >= 15 is 0 Å². The number of carbonyl (C=O) groups is 5. The number of amides is 5. The van der Waals surface area contributed by atoms with Gasteiger partial charge in [-0.15, -0.1) is 0 Å². The second-order valence-corrected chi connectivity index (χ2v) is 17.9. The van der Waals surface area contributed by atoms with E-state index in [0.717, 1.165) is 49.3 Å². The number of nitrogens with two attached hydrogens (primary N) is 1. The van der Waals surface area contributed by atoms with Crippen LogP contribution in [0, 0.1) is 29.1 Å². The first-order chi connectivity index (χ1) is 22.2. The molecule has 14 nitrogen and oxygen atoms in total. The van der Waals surface area contributed by atoms with Crippen LogP contribution in [-0.2, 0) is 29.4 Å². The van der Waals surface area contributed by atoms with Gasteiger partial charge in [-0.2, -0.15) is 17.0 Å². The SMILES string of the molecule is CC(C)C1CCN(C(=O)[C@@H](NC(=O)N[C@H](CN(C)S(=O)(=O)N(C)C)C2CCCCC2)C(C)(C)C)[C@@H]1C(=O)NC(CC1CC1)C(=O)C(N)=O. The fourth-order valence-corrected chi connectivity index (χ4v) is 8.01. The Kier molecular flexibility index (Phi) is 13.5. The van der Waals surface area contributed by atoms with Gasteiger partial charge in [0, 0.05) is 40.3 Å². The number of primary amides is 1. The standard InChI is InChI=1S/C33H59N7O7S/c1-20(2)23-16-17-40(26(23)30(43)35-24(18-21-14-15-21)27(41)29(34)42)31(44)28(33(3,4)5)37-32(45)36-25(22-12-10-9-11-13-22)19-39(8)48(46,47)38(6)7/h20-26,28H,9-19H2,1-8H3,(H2,34,42)(H,35,43)(H2,36,37,45)/t23?,24?,25-,26+,28-/m1/s1. The van der Waals surface area contributed by atoms with E-state index in [2.05, 4.69) is 16.0 Å². The first kappa shape index (κ1) is 39.7. The fraction of sp³-hybridized carbons (Fsp3) is 0.848. The maximum Gasteiger partial charge on any atom is 0.315 e. The van der Waals surface area contributed by atoms with Crippen molar-refractivity contribution in [3.05, 3.63) is 0 Å². The van der Waals surface area contributed by atoms with Crippen LogP contribution in [0.25, 0.3) is 0 Å². The second-order valence-electron chi connectivity index (χ2n) is 15.6. The van der Waals surface area contributed by atoms with Crippen molar-refractivity contribution in [2.45, 2.75) is 117 Å². The number of ketones is 1. The minimum atomic E-state index is -3.72. The van der Waals surface area contributed by atoms with Crippen LogP contribution in [0.5, 0.6) is 0 Å². The summed E-state index contributed by atoms with van der Waals surface area (Å²) >= 11 is 0. The van der Waals surface area contributed by atoms with Gasteiger partial charge in [0.05, 0.1) is 6.04 Å². The minimum Gasteiger partial charge on any atom is -0.363 e. The van der Waals surface area contributed by atoms with Crippen molar-refractivity contribution in [3.8, 4) is 0 Å². The third-order valence-electron chi connectivity index (χ3n) is 10.2. The Morgan fingerprint density at radius 1 is 0.896 bits per heavy atom. The van der Waals surface area contributed by atoms with Gasteiger partial charge in [0.25, 0.3) is 16.1 Å². The van der Waals surface area contributed by atoms with E-state index in [0.29, 0.717) is 12.8 Å². The van der Waals surface area contributed by atoms with Crippen molar-refractivity contribution in [2.75, 3.05) is 34.2 Å². The molecule has 1 heterocycles. The molecule has 1 saturated heterocycles. The molecule has 48 heavy (non-hydrogen) atoms. The summed E-state index contributed by atoms with van der Waals surface area (Å²) in [6.45, 7) is 9.78. The minimum absolute atomic E-state index is 0.0308. The Morgan fingerprint density at radius 2 is 1.50 bits per heavy atom. The predicted octanol–water partition coefficient (Wildman–Crippen LogP) is 1.60. The highest BCUT2D eigenvalue weighted by molar-refractivity contribution is 7.86. The number of Topliss-reactive ketones (excluding diaryl/α,β-unsaturated/α-hetero) is 1. The maximum absolute atomic E-state index is 14.4. The van der Waals surface area contributed by atoms with Gasteiger partial charge < -0.3 is 26.6 Å². The number of likely N-dealkylation sites (tertiary alicyclic amines) is 1. The Bertz CT molecular complexity index is 1290. The van der Waals surface area contributed by atoms with E-state index in [-0.39, 0.29) is 36.8 Å². The first-order valence-electron chi connectivity index (χ1n) is 17.4. The average Bonchev–Trinajstić information content (AvgIpc) is 3.70. The van der Waals surface area contributed by atoms with Gasteiger partial charge in [0.15, 0.2) is 0 Å². The summed E-state index contributed by atoms with van der Waals surface area (Å²) in [5, 5.41) is 8.65. The quantitative estimate of drug-likeness (QED) is 0.187. The van der Waals surface area contributed by atoms with Gasteiger partial charge in [-0.1, -0.05) is 66.7 Å². The molecule has 0 aromatic rings. The van der Waals surface area contributed by atoms with Crippen LogP contribution in [0.3, 0.4) is 0 Å². The van der Waals surface area contributed by atoms with E-state index in [9.17, 15) is 32.4 Å². The molecule has 15 heteroatoms. The molecule has 2 saturated carbocycles. The fourth-order valence-electron chi connectivity index (χ4n) is 7.10. The molecule has 0 radical (unpaired) electrons. The lowest BCUT2D eigenvalue weighted by molar-refractivity contribution is -0.144. The summed E-state index contributed by atoms with van der Waals surface area (Å²) in [5.74, 6) is -2.79. The van der Waals surface area contributed by atoms with Gasteiger partial charge in [0.2, 0.25) is 17.6 Å². The van der Waals surface area contributed by atoms with E-state index in [1.165, 1.54) is 30.3 Å². The highest BCUT2D eigenvalue weighted by Crippen LogP contribution is 2.36. The first-order valence-corrected chi connectivity index (χ1v) is 18.8. The molecule has 0 aromatic heterocycles. The summed E-state index contributed by atoms with van der Waals surface area (Å²) < 4.78 is 28.0. The van der Waals surface area contributed by atoms with Crippen molar-refractivity contribution in [1.82, 2.24) is 29.5 Å². The number of nitrogens with one attached hydrogen (secondary N) is 3.